The summed E-state index contributed by atoms with van der Waals surface area (Å²) in [6.07, 6.45) is 1.44. The third-order valence-electron chi connectivity index (χ3n) is 3.11. The van der Waals surface area contributed by atoms with Crippen LogP contribution in [0.4, 0.5) is 5.69 Å². The molecule has 0 atom stereocenters. The highest BCUT2D eigenvalue weighted by molar-refractivity contribution is 6.13. The molecule has 0 unspecified atom stereocenters. The van der Waals surface area contributed by atoms with Gasteiger partial charge >= 0.3 is 0 Å². The summed E-state index contributed by atoms with van der Waals surface area (Å²) < 4.78 is 1.44. The number of aromatic nitrogens is 3. The first-order chi connectivity index (χ1) is 9.16. The lowest BCUT2D eigenvalue weighted by Gasteiger charge is -2.07. The van der Waals surface area contributed by atoms with Gasteiger partial charge in [-0.2, -0.15) is 0 Å². The molecule has 3 aromatic rings. The minimum atomic E-state index is -0.171. The number of hydrogen-bond donors (Lipinski definition) is 1. The van der Waals surface area contributed by atoms with Crippen LogP contribution in [-0.4, -0.2) is 20.8 Å². The molecule has 0 spiro atoms. The van der Waals surface area contributed by atoms with E-state index in [1.807, 2.05) is 30.3 Å². The molecule has 0 saturated heterocycles. The summed E-state index contributed by atoms with van der Waals surface area (Å²) in [6.45, 7) is 0. The van der Waals surface area contributed by atoms with Crippen LogP contribution in [-0.2, 0) is 7.05 Å². The van der Waals surface area contributed by atoms with E-state index in [0.717, 1.165) is 10.8 Å². The SMILES string of the molecule is Cn1nncc1C(=O)c1cc2ccccc2cc1N. The van der Waals surface area contributed by atoms with Crippen molar-refractivity contribution in [2.45, 2.75) is 0 Å². The second kappa shape index (κ2) is 4.20. The van der Waals surface area contributed by atoms with Gasteiger partial charge in [0.15, 0.2) is 0 Å². The largest absolute Gasteiger partial charge is 0.398 e. The second-order valence-corrected chi connectivity index (χ2v) is 4.36. The van der Waals surface area contributed by atoms with Crippen molar-refractivity contribution in [3.05, 3.63) is 53.9 Å². The Kier molecular flexibility index (Phi) is 2.52. The van der Waals surface area contributed by atoms with E-state index in [-0.39, 0.29) is 5.78 Å². The number of fused-ring (bicyclic) bond motifs is 1. The Morgan fingerprint density at radius 2 is 1.89 bits per heavy atom. The average Bonchev–Trinajstić information content (AvgIpc) is 2.83. The van der Waals surface area contributed by atoms with Crippen LogP contribution in [0.25, 0.3) is 10.8 Å². The molecule has 5 nitrogen and oxygen atoms in total. The summed E-state index contributed by atoms with van der Waals surface area (Å²) >= 11 is 0. The smallest absolute Gasteiger partial charge is 0.214 e. The Balaban J connectivity index is 2.17. The van der Waals surface area contributed by atoms with Gasteiger partial charge in [-0.05, 0) is 22.9 Å². The minimum Gasteiger partial charge on any atom is -0.398 e. The number of carbonyl (C=O) groups excluding carboxylic acids is 1. The molecule has 94 valence electrons. The topological polar surface area (TPSA) is 73.8 Å². The first-order valence-corrected chi connectivity index (χ1v) is 5.84. The van der Waals surface area contributed by atoms with Crippen LogP contribution in [0.3, 0.4) is 0 Å². The molecule has 0 aliphatic carbocycles. The molecule has 2 N–H and O–H groups in total. The summed E-state index contributed by atoms with van der Waals surface area (Å²) in [5, 5.41) is 9.47. The summed E-state index contributed by atoms with van der Waals surface area (Å²) in [7, 11) is 1.68. The van der Waals surface area contributed by atoms with Crippen molar-refractivity contribution in [2.75, 3.05) is 5.73 Å². The number of rotatable bonds is 2. The van der Waals surface area contributed by atoms with E-state index in [2.05, 4.69) is 10.3 Å². The van der Waals surface area contributed by atoms with Crippen molar-refractivity contribution in [3.8, 4) is 0 Å². The minimum absolute atomic E-state index is 0.171. The van der Waals surface area contributed by atoms with Gasteiger partial charge in [-0.25, -0.2) is 4.68 Å². The van der Waals surface area contributed by atoms with Gasteiger partial charge in [0.2, 0.25) is 5.78 Å². The quantitative estimate of drug-likeness (QED) is 0.557. The van der Waals surface area contributed by atoms with Gasteiger partial charge in [-0.15, -0.1) is 5.10 Å². The number of anilines is 1. The molecule has 0 radical (unpaired) electrons. The predicted molar refractivity (Wildman–Crippen MR) is 72.8 cm³/mol. The molecule has 0 fully saturated rings. The van der Waals surface area contributed by atoms with Crippen LogP contribution in [0.1, 0.15) is 16.1 Å². The van der Waals surface area contributed by atoms with E-state index >= 15 is 0 Å². The lowest BCUT2D eigenvalue weighted by molar-refractivity contribution is 0.103. The predicted octanol–water partition coefficient (Wildman–Crippen LogP) is 1.78. The number of ketones is 1. The molecule has 3 rings (SSSR count). The molecule has 0 aliphatic rings. The molecule has 2 aromatic carbocycles. The van der Waals surface area contributed by atoms with Crippen LogP contribution in [0.5, 0.6) is 0 Å². The summed E-state index contributed by atoms with van der Waals surface area (Å²) in [4.78, 5) is 12.4. The van der Waals surface area contributed by atoms with E-state index in [4.69, 9.17) is 5.73 Å². The van der Waals surface area contributed by atoms with Crippen molar-refractivity contribution in [1.82, 2.24) is 15.0 Å². The van der Waals surface area contributed by atoms with Crippen molar-refractivity contribution in [3.63, 3.8) is 0 Å². The number of benzene rings is 2. The summed E-state index contributed by atoms with van der Waals surface area (Å²) in [5.41, 5.74) is 7.33. The number of carbonyl (C=O) groups is 1. The van der Waals surface area contributed by atoms with Crippen molar-refractivity contribution in [1.29, 1.82) is 0 Å². The highest BCUT2D eigenvalue weighted by Crippen LogP contribution is 2.23. The van der Waals surface area contributed by atoms with Crippen LogP contribution >= 0.6 is 0 Å². The van der Waals surface area contributed by atoms with E-state index in [9.17, 15) is 4.79 Å². The van der Waals surface area contributed by atoms with Crippen molar-refractivity contribution in [2.24, 2.45) is 7.05 Å². The average molecular weight is 252 g/mol. The summed E-state index contributed by atoms with van der Waals surface area (Å²) in [6, 6.07) is 11.4. The first-order valence-electron chi connectivity index (χ1n) is 5.84. The molecule has 19 heavy (non-hydrogen) atoms. The van der Waals surface area contributed by atoms with Crippen molar-refractivity contribution >= 4 is 22.2 Å². The van der Waals surface area contributed by atoms with Crippen LogP contribution in [0, 0.1) is 0 Å². The Bertz CT molecular complexity index is 776. The molecule has 5 heteroatoms. The summed E-state index contributed by atoms with van der Waals surface area (Å²) in [5.74, 6) is -0.171. The molecular formula is C14H12N4O. The van der Waals surface area contributed by atoms with Crippen LogP contribution in [0.15, 0.2) is 42.6 Å². The zero-order valence-corrected chi connectivity index (χ0v) is 10.4. The van der Waals surface area contributed by atoms with Gasteiger partial charge in [0.05, 0.1) is 6.20 Å². The molecule has 0 aliphatic heterocycles. The molecule has 0 bridgehead atoms. The number of hydrogen-bond acceptors (Lipinski definition) is 4. The number of nitrogen functional groups attached to an aromatic ring is 1. The molecular weight excluding hydrogens is 240 g/mol. The van der Waals surface area contributed by atoms with Crippen LogP contribution in [0.2, 0.25) is 0 Å². The molecule has 0 saturated carbocycles. The van der Waals surface area contributed by atoms with E-state index in [0.29, 0.717) is 16.9 Å². The first kappa shape index (κ1) is 11.4. The van der Waals surface area contributed by atoms with Gasteiger partial charge < -0.3 is 5.73 Å². The second-order valence-electron chi connectivity index (χ2n) is 4.36. The Morgan fingerprint density at radius 3 is 2.53 bits per heavy atom. The lowest BCUT2D eigenvalue weighted by atomic mass is 10.0. The zero-order valence-electron chi connectivity index (χ0n) is 10.4. The molecule has 0 amide bonds. The number of nitrogens with zero attached hydrogens (tertiary/aromatic N) is 3. The van der Waals surface area contributed by atoms with E-state index in [1.165, 1.54) is 10.9 Å². The molecule has 1 aromatic heterocycles. The third kappa shape index (κ3) is 1.85. The number of nitrogens with two attached hydrogens (primary N) is 1. The normalized spacial score (nSPS) is 10.8. The van der Waals surface area contributed by atoms with Gasteiger partial charge in [0, 0.05) is 18.3 Å². The Hall–Kier alpha value is -2.69. The Labute approximate surface area is 109 Å². The fourth-order valence-corrected chi connectivity index (χ4v) is 2.09. The van der Waals surface area contributed by atoms with Gasteiger partial charge in [0.1, 0.15) is 5.69 Å². The van der Waals surface area contributed by atoms with Crippen LogP contribution < -0.4 is 5.73 Å². The fraction of sp³-hybridized carbons (Fsp3) is 0.0714. The molecule has 1 heterocycles. The maximum absolute atomic E-state index is 12.4. The van der Waals surface area contributed by atoms with Gasteiger partial charge in [0.25, 0.3) is 0 Å². The monoisotopic (exact) mass is 252 g/mol. The third-order valence-corrected chi connectivity index (χ3v) is 3.11. The lowest BCUT2D eigenvalue weighted by Crippen LogP contribution is -2.10. The fourth-order valence-electron chi connectivity index (χ4n) is 2.09. The van der Waals surface area contributed by atoms with Gasteiger partial charge in [-0.3, -0.25) is 4.79 Å². The number of aryl methyl sites for hydroxylation is 1. The maximum Gasteiger partial charge on any atom is 0.214 e. The van der Waals surface area contributed by atoms with Crippen molar-refractivity contribution < 1.29 is 4.79 Å². The highest BCUT2D eigenvalue weighted by Gasteiger charge is 2.16. The standard InChI is InChI=1S/C14H12N4O/c1-18-13(8-16-17-18)14(19)11-6-9-4-2-3-5-10(9)7-12(11)15/h2-8H,15H2,1H3. The van der Waals surface area contributed by atoms with E-state index in [1.54, 1.807) is 13.1 Å². The maximum atomic E-state index is 12.4. The highest BCUT2D eigenvalue weighted by atomic mass is 16.1. The van der Waals surface area contributed by atoms with E-state index < -0.39 is 0 Å². The Morgan fingerprint density at radius 1 is 1.21 bits per heavy atom. The van der Waals surface area contributed by atoms with Gasteiger partial charge in [-0.1, -0.05) is 29.5 Å². The zero-order chi connectivity index (χ0) is 13.4.